The molecule has 2 unspecified atom stereocenters. The lowest BCUT2D eigenvalue weighted by Gasteiger charge is -2.20. The van der Waals surface area contributed by atoms with Gasteiger partial charge in [0.15, 0.2) is 0 Å². The molecular weight excluding hydrogens is 246 g/mol. The van der Waals surface area contributed by atoms with Crippen LogP contribution in [0.5, 0.6) is 5.75 Å². The predicted octanol–water partition coefficient (Wildman–Crippen LogP) is 4.23. The summed E-state index contributed by atoms with van der Waals surface area (Å²) in [5.74, 6) is 1.35. The summed E-state index contributed by atoms with van der Waals surface area (Å²) in [5, 5.41) is 4.28. The van der Waals surface area contributed by atoms with Gasteiger partial charge in [-0.2, -0.15) is 0 Å². The summed E-state index contributed by atoms with van der Waals surface area (Å²) in [6, 6.07) is 6.33. The maximum Gasteiger partial charge on any atom is 0.122 e. The number of hydrogen-bond acceptors (Lipinski definition) is 2. The minimum atomic E-state index is 0.429. The number of nitrogens with one attached hydrogen (secondary N) is 1. The van der Waals surface area contributed by atoms with Gasteiger partial charge in [-0.25, -0.2) is 0 Å². The molecule has 1 aromatic carbocycles. The van der Waals surface area contributed by atoms with Crippen LogP contribution in [0.25, 0.3) is 0 Å². The van der Waals surface area contributed by atoms with Crippen molar-refractivity contribution in [3.8, 4) is 5.75 Å². The van der Waals surface area contributed by atoms with Crippen LogP contribution in [0.2, 0.25) is 5.02 Å². The van der Waals surface area contributed by atoms with Crippen LogP contribution in [0.4, 0.5) is 0 Å². The molecule has 18 heavy (non-hydrogen) atoms. The van der Waals surface area contributed by atoms with E-state index >= 15 is 0 Å². The third-order valence-electron chi connectivity index (χ3n) is 3.17. The Bertz CT molecular complexity index is 368. The zero-order valence-electron chi connectivity index (χ0n) is 11.8. The molecule has 0 heterocycles. The van der Waals surface area contributed by atoms with Crippen LogP contribution in [-0.2, 0) is 0 Å². The molecule has 0 saturated carbocycles. The average Bonchev–Trinajstić information content (AvgIpc) is 2.36. The number of methoxy groups -OCH3 is 1. The first-order chi connectivity index (χ1) is 8.58. The van der Waals surface area contributed by atoms with Gasteiger partial charge in [0.1, 0.15) is 5.75 Å². The summed E-state index contributed by atoms with van der Waals surface area (Å²) in [6.07, 6.45) is 2.25. The molecule has 0 saturated heterocycles. The molecule has 0 aliphatic carbocycles. The highest BCUT2D eigenvalue weighted by molar-refractivity contribution is 6.30. The maximum atomic E-state index is 6.07. The Morgan fingerprint density at radius 2 is 2.06 bits per heavy atom. The molecule has 0 aliphatic heterocycles. The fraction of sp³-hybridized carbons (Fsp3) is 0.600. The highest BCUT2D eigenvalue weighted by Crippen LogP contribution is 2.31. The number of rotatable bonds is 7. The second-order valence-corrected chi connectivity index (χ2v) is 5.31. The molecule has 0 aromatic heterocycles. The van der Waals surface area contributed by atoms with E-state index in [1.165, 1.54) is 12.0 Å². The summed E-state index contributed by atoms with van der Waals surface area (Å²) < 4.78 is 5.41. The number of halogens is 1. The Kier molecular flexibility index (Phi) is 6.51. The highest BCUT2D eigenvalue weighted by atomic mass is 35.5. The molecular formula is C15H24ClNO. The van der Waals surface area contributed by atoms with Crippen molar-refractivity contribution < 1.29 is 4.74 Å². The molecule has 1 aromatic rings. The van der Waals surface area contributed by atoms with Crippen molar-refractivity contribution in [1.29, 1.82) is 0 Å². The normalized spacial score (nSPS) is 14.3. The lowest BCUT2D eigenvalue weighted by Crippen LogP contribution is -2.28. The van der Waals surface area contributed by atoms with Crippen molar-refractivity contribution in [2.24, 2.45) is 0 Å². The Balaban J connectivity index is 2.70. The molecule has 0 fully saturated rings. The average molecular weight is 270 g/mol. The van der Waals surface area contributed by atoms with E-state index in [1.54, 1.807) is 7.11 Å². The molecule has 0 bridgehead atoms. The second kappa shape index (κ2) is 7.65. The molecule has 1 rings (SSSR count). The van der Waals surface area contributed by atoms with Crippen molar-refractivity contribution in [2.75, 3.05) is 13.7 Å². The van der Waals surface area contributed by atoms with Crippen LogP contribution in [0, 0.1) is 0 Å². The van der Waals surface area contributed by atoms with E-state index in [0.717, 1.165) is 23.7 Å². The molecule has 102 valence electrons. The molecule has 0 spiro atoms. The standard InChI is InChI=1S/C15H24ClNO/c1-5-8-17-12(3)9-11(2)14-10-13(16)6-7-15(14)18-4/h6-7,10-12,17H,5,8-9H2,1-4H3. The summed E-state index contributed by atoms with van der Waals surface area (Å²) in [5.41, 5.74) is 1.19. The van der Waals surface area contributed by atoms with Gasteiger partial charge in [0.25, 0.3) is 0 Å². The SMILES string of the molecule is CCCNC(C)CC(C)c1cc(Cl)ccc1OC. The van der Waals surface area contributed by atoms with Crippen molar-refractivity contribution >= 4 is 11.6 Å². The van der Waals surface area contributed by atoms with Gasteiger partial charge < -0.3 is 10.1 Å². The number of hydrogen-bond donors (Lipinski definition) is 1. The van der Waals surface area contributed by atoms with Crippen molar-refractivity contribution in [2.45, 2.75) is 45.6 Å². The summed E-state index contributed by atoms with van der Waals surface area (Å²) in [7, 11) is 1.71. The summed E-state index contributed by atoms with van der Waals surface area (Å²) >= 11 is 6.07. The first-order valence-electron chi connectivity index (χ1n) is 6.65. The molecule has 2 atom stereocenters. The van der Waals surface area contributed by atoms with Crippen LogP contribution in [0.15, 0.2) is 18.2 Å². The largest absolute Gasteiger partial charge is 0.496 e. The van der Waals surface area contributed by atoms with Crippen LogP contribution in [0.1, 0.15) is 45.1 Å². The first kappa shape index (κ1) is 15.3. The van der Waals surface area contributed by atoms with Gasteiger partial charge in [-0.05, 0) is 56.0 Å². The smallest absolute Gasteiger partial charge is 0.122 e. The monoisotopic (exact) mass is 269 g/mol. The van der Waals surface area contributed by atoms with Gasteiger partial charge >= 0.3 is 0 Å². The molecule has 0 radical (unpaired) electrons. The van der Waals surface area contributed by atoms with Crippen molar-refractivity contribution in [3.05, 3.63) is 28.8 Å². The van der Waals surface area contributed by atoms with Gasteiger partial charge in [0.05, 0.1) is 7.11 Å². The van der Waals surface area contributed by atoms with E-state index in [0.29, 0.717) is 12.0 Å². The number of ether oxygens (including phenoxy) is 1. The maximum absolute atomic E-state index is 6.07. The molecule has 0 amide bonds. The zero-order valence-corrected chi connectivity index (χ0v) is 12.6. The van der Waals surface area contributed by atoms with E-state index in [4.69, 9.17) is 16.3 Å². The molecule has 2 nitrogen and oxygen atoms in total. The molecule has 1 N–H and O–H groups in total. The van der Waals surface area contributed by atoms with Gasteiger partial charge in [0.2, 0.25) is 0 Å². The zero-order chi connectivity index (χ0) is 13.5. The van der Waals surface area contributed by atoms with Crippen LogP contribution >= 0.6 is 11.6 Å². The Morgan fingerprint density at radius 1 is 1.33 bits per heavy atom. The van der Waals surface area contributed by atoms with Crippen LogP contribution in [0.3, 0.4) is 0 Å². The van der Waals surface area contributed by atoms with E-state index in [1.807, 2.05) is 18.2 Å². The quantitative estimate of drug-likeness (QED) is 0.800. The Hall–Kier alpha value is -0.730. The van der Waals surface area contributed by atoms with Crippen LogP contribution in [-0.4, -0.2) is 19.7 Å². The van der Waals surface area contributed by atoms with Gasteiger partial charge in [-0.3, -0.25) is 0 Å². The van der Waals surface area contributed by atoms with E-state index in [2.05, 4.69) is 26.1 Å². The fourth-order valence-electron chi connectivity index (χ4n) is 2.22. The van der Waals surface area contributed by atoms with E-state index < -0.39 is 0 Å². The van der Waals surface area contributed by atoms with Crippen molar-refractivity contribution in [1.82, 2.24) is 5.32 Å². The fourth-order valence-corrected chi connectivity index (χ4v) is 2.40. The van der Waals surface area contributed by atoms with Crippen LogP contribution < -0.4 is 10.1 Å². The first-order valence-corrected chi connectivity index (χ1v) is 7.03. The summed E-state index contributed by atoms with van der Waals surface area (Å²) in [6.45, 7) is 7.70. The minimum absolute atomic E-state index is 0.429. The second-order valence-electron chi connectivity index (χ2n) is 4.88. The third kappa shape index (κ3) is 4.51. The van der Waals surface area contributed by atoms with E-state index in [9.17, 15) is 0 Å². The lowest BCUT2D eigenvalue weighted by molar-refractivity contribution is 0.400. The third-order valence-corrected chi connectivity index (χ3v) is 3.41. The lowest BCUT2D eigenvalue weighted by atomic mass is 9.93. The van der Waals surface area contributed by atoms with Gasteiger partial charge in [0, 0.05) is 11.1 Å². The van der Waals surface area contributed by atoms with Crippen molar-refractivity contribution in [3.63, 3.8) is 0 Å². The molecule has 3 heteroatoms. The van der Waals surface area contributed by atoms with Gasteiger partial charge in [-0.15, -0.1) is 0 Å². The predicted molar refractivity (Wildman–Crippen MR) is 78.8 cm³/mol. The molecule has 0 aliphatic rings. The topological polar surface area (TPSA) is 21.3 Å². The van der Waals surface area contributed by atoms with E-state index in [-0.39, 0.29) is 0 Å². The summed E-state index contributed by atoms with van der Waals surface area (Å²) in [4.78, 5) is 0. The Morgan fingerprint density at radius 3 is 2.67 bits per heavy atom. The Labute approximate surface area is 116 Å². The number of benzene rings is 1. The highest BCUT2D eigenvalue weighted by Gasteiger charge is 2.15. The van der Waals surface area contributed by atoms with Gasteiger partial charge in [-0.1, -0.05) is 25.4 Å². The minimum Gasteiger partial charge on any atom is -0.496 e.